The zero-order valence-corrected chi connectivity index (χ0v) is 14.7. The van der Waals surface area contributed by atoms with Gasteiger partial charge in [0.2, 0.25) is 0 Å². The molecule has 0 heterocycles. The molecule has 0 aliphatic heterocycles. The average Bonchev–Trinajstić information content (AvgIpc) is 2.37. The molecule has 0 aromatic heterocycles. The fourth-order valence-electron chi connectivity index (χ4n) is 2.26. The summed E-state index contributed by atoms with van der Waals surface area (Å²) in [4.78, 5) is -0.134. The quantitative estimate of drug-likeness (QED) is 0.458. The monoisotopic (exact) mass is 300 g/mol. The Morgan fingerprint density at radius 1 is 1.10 bits per heavy atom. The molecular formula is C15H17NaO3S. The number of rotatable bonds is 5. The minimum atomic E-state index is -4.41. The Labute approximate surface area is 142 Å². The molecule has 0 aliphatic rings. The van der Waals surface area contributed by atoms with Crippen molar-refractivity contribution in [3.05, 3.63) is 42.0 Å². The predicted octanol–water partition coefficient (Wildman–Crippen LogP) is 0.481. The Morgan fingerprint density at radius 2 is 1.85 bits per heavy atom. The van der Waals surface area contributed by atoms with Gasteiger partial charge in [0.1, 0.15) is 10.1 Å². The molecule has 0 bridgehead atoms. The molecule has 102 valence electrons. The molecule has 2 aromatic carbocycles. The van der Waals surface area contributed by atoms with Crippen LogP contribution in [-0.4, -0.2) is 13.0 Å². The van der Waals surface area contributed by atoms with Crippen molar-refractivity contribution in [2.75, 3.05) is 0 Å². The van der Waals surface area contributed by atoms with Gasteiger partial charge in [-0.2, -0.15) is 0 Å². The van der Waals surface area contributed by atoms with Crippen LogP contribution in [0.5, 0.6) is 0 Å². The predicted molar refractivity (Wildman–Crippen MR) is 75.1 cm³/mol. The third-order valence-electron chi connectivity index (χ3n) is 3.24. The van der Waals surface area contributed by atoms with Crippen LogP contribution in [0.25, 0.3) is 10.8 Å². The second kappa shape index (κ2) is 7.57. The Hall–Kier alpha value is -0.390. The molecule has 0 saturated heterocycles. The summed E-state index contributed by atoms with van der Waals surface area (Å²) in [5.41, 5.74) is 1.18. The van der Waals surface area contributed by atoms with Gasteiger partial charge in [-0.25, -0.2) is 8.42 Å². The molecule has 20 heavy (non-hydrogen) atoms. The van der Waals surface area contributed by atoms with Crippen molar-refractivity contribution in [3.8, 4) is 0 Å². The van der Waals surface area contributed by atoms with Crippen LogP contribution in [0.15, 0.2) is 41.3 Å². The summed E-state index contributed by atoms with van der Waals surface area (Å²) >= 11 is 0. The Balaban J connectivity index is 0.00000200. The van der Waals surface area contributed by atoms with Crippen molar-refractivity contribution in [1.82, 2.24) is 0 Å². The van der Waals surface area contributed by atoms with Gasteiger partial charge in [0.15, 0.2) is 0 Å². The number of hydrogen-bond donors (Lipinski definition) is 0. The van der Waals surface area contributed by atoms with E-state index >= 15 is 0 Å². The van der Waals surface area contributed by atoms with E-state index in [0.29, 0.717) is 5.39 Å². The molecule has 0 fully saturated rings. The van der Waals surface area contributed by atoms with Gasteiger partial charge in [-0.1, -0.05) is 50.1 Å². The van der Waals surface area contributed by atoms with Crippen molar-refractivity contribution < 1.29 is 42.5 Å². The average molecular weight is 300 g/mol. The third kappa shape index (κ3) is 4.30. The van der Waals surface area contributed by atoms with Gasteiger partial charge < -0.3 is 4.55 Å². The summed E-state index contributed by atoms with van der Waals surface area (Å²) < 4.78 is 33.6. The van der Waals surface area contributed by atoms with Gasteiger partial charge in [0, 0.05) is 0 Å². The van der Waals surface area contributed by atoms with E-state index in [-0.39, 0.29) is 34.5 Å². The summed E-state index contributed by atoms with van der Waals surface area (Å²) in [6.07, 6.45) is 4.47. The first-order valence-corrected chi connectivity index (χ1v) is 7.91. The molecule has 2 rings (SSSR count). The second-order valence-electron chi connectivity index (χ2n) is 4.72. The van der Waals surface area contributed by atoms with Crippen LogP contribution in [0, 0.1) is 0 Å². The van der Waals surface area contributed by atoms with Crippen LogP contribution in [0.3, 0.4) is 0 Å². The maximum Gasteiger partial charge on any atom is 1.00 e. The van der Waals surface area contributed by atoms with Gasteiger partial charge >= 0.3 is 29.6 Å². The zero-order valence-electron chi connectivity index (χ0n) is 11.9. The van der Waals surface area contributed by atoms with Crippen LogP contribution >= 0.6 is 0 Å². The van der Waals surface area contributed by atoms with Gasteiger partial charge in [0.25, 0.3) is 0 Å². The maximum atomic E-state index is 11.2. The van der Waals surface area contributed by atoms with E-state index in [1.807, 2.05) is 18.2 Å². The van der Waals surface area contributed by atoms with Crippen LogP contribution in [0.1, 0.15) is 31.7 Å². The molecule has 2 aromatic rings. The molecule has 0 unspecified atom stereocenters. The second-order valence-corrected chi connectivity index (χ2v) is 6.07. The molecule has 5 heteroatoms. The number of aryl methyl sites for hydroxylation is 1. The Bertz CT molecular complexity index is 681. The number of fused-ring (bicyclic) bond motifs is 1. The smallest absolute Gasteiger partial charge is 0.744 e. The minimum Gasteiger partial charge on any atom is -0.744 e. The first-order chi connectivity index (χ1) is 9.02. The first-order valence-electron chi connectivity index (χ1n) is 6.50. The summed E-state index contributed by atoms with van der Waals surface area (Å²) in [6, 6.07) is 10.4. The molecule has 0 spiro atoms. The van der Waals surface area contributed by atoms with Crippen LogP contribution < -0.4 is 29.6 Å². The topological polar surface area (TPSA) is 57.2 Å². The molecule has 0 N–H and O–H groups in total. The van der Waals surface area contributed by atoms with Crippen molar-refractivity contribution in [3.63, 3.8) is 0 Å². The van der Waals surface area contributed by atoms with E-state index < -0.39 is 10.1 Å². The normalized spacial score (nSPS) is 11.3. The van der Waals surface area contributed by atoms with E-state index in [0.717, 1.165) is 18.2 Å². The zero-order chi connectivity index (χ0) is 13.9. The van der Waals surface area contributed by atoms with Crippen molar-refractivity contribution in [2.45, 2.75) is 37.5 Å². The fraction of sp³-hybridized carbons (Fsp3) is 0.333. The largest absolute Gasteiger partial charge is 1.00 e. The summed E-state index contributed by atoms with van der Waals surface area (Å²) in [7, 11) is -4.41. The fourth-order valence-corrected chi connectivity index (χ4v) is 2.96. The van der Waals surface area contributed by atoms with Gasteiger partial charge in [-0.3, -0.25) is 0 Å². The van der Waals surface area contributed by atoms with E-state index in [1.54, 1.807) is 12.1 Å². The SMILES string of the molecule is CCCCCc1ccc2c(S(=O)(=O)[O-])cccc2c1.[Na+]. The number of unbranched alkanes of at least 4 members (excludes halogenated alkanes) is 2. The molecule has 0 aliphatic carbocycles. The van der Waals surface area contributed by atoms with Crippen LogP contribution in [0.4, 0.5) is 0 Å². The van der Waals surface area contributed by atoms with E-state index in [1.165, 1.54) is 24.5 Å². The third-order valence-corrected chi connectivity index (χ3v) is 4.14. The van der Waals surface area contributed by atoms with E-state index in [9.17, 15) is 13.0 Å². The summed E-state index contributed by atoms with van der Waals surface area (Å²) in [6.45, 7) is 2.16. The summed E-state index contributed by atoms with van der Waals surface area (Å²) in [5.74, 6) is 0. The van der Waals surface area contributed by atoms with Crippen LogP contribution in [0.2, 0.25) is 0 Å². The first kappa shape index (κ1) is 17.7. The van der Waals surface area contributed by atoms with Crippen molar-refractivity contribution >= 4 is 20.9 Å². The molecule has 0 radical (unpaired) electrons. The van der Waals surface area contributed by atoms with Crippen molar-refractivity contribution in [2.24, 2.45) is 0 Å². The van der Waals surface area contributed by atoms with E-state index in [2.05, 4.69) is 6.92 Å². The van der Waals surface area contributed by atoms with Gasteiger partial charge in [-0.05, 0) is 35.2 Å². The standard InChI is InChI=1S/C15H18O3S.Na/c1-2-3-4-6-12-9-10-14-13(11-12)7-5-8-15(14)19(16,17)18;/h5,7-11H,2-4,6H2,1H3,(H,16,17,18);/q;+1/p-1. The molecule has 0 saturated carbocycles. The van der Waals surface area contributed by atoms with Crippen molar-refractivity contribution in [1.29, 1.82) is 0 Å². The summed E-state index contributed by atoms with van der Waals surface area (Å²) in [5, 5.41) is 1.32. The Morgan fingerprint density at radius 3 is 2.50 bits per heavy atom. The maximum absolute atomic E-state index is 11.2. The molecule has 3 nitrogen and oxygen atoms in total. The van der Waals surface area contributed by atoms with E-state index in [4.69, 9.17) is 0 Å². The number of hydrogen-bond acceptors (Lipinski definition) is 3. The molecule has 0 amide bonds. The Kier molecular flexibility index (Phi) is 6.69. The molecule has 0 atom stereocenters. The van der Waals surface area contributed by atoms with Gasteiger partial charge in [-0.15, -0.1) is 0 Å². The van der Waals surface area contributed by atoms with Crippen LogP contribution in [-0.2, 0) is 16.5 Å². The van der Waals surface area contributed by atoms with Gasteiger partial charge in [0.05, 0.1) is 4.90 Å². The minimum absolute atomic E-state index is 0. The number of benzene rings is 2. The molecular weight excluding hydrogens is 283 g/mol.